The Bertz CT molecular complexity index is 886. The lowest BCUT2D eigenvalue weighted by molar-refractivity contribution is 0.243. The van der Waals surface area contributed by atoms with Gasteiger partial charge in [-0.3, -0.25) is 0 Å². The molecule has 0 amide bonds. The molecule has 0 heterocycles. The first-order chi connectivity index (χ1) is 20.3. The molecule has 0 saturated carbocycles. The molecule has 3 aromatic carbocycles. The first-order valence-electron chi connectivity index (χ1n) is 16.7. The summed E-state index contributed by atoms with van der Waals surface area (Å²) in [6.45, 7) is 0. The number of benzene rings is 3. The van der Waals surface area contributed by atoms with E-state index in [0.717, 1.165) is 25.5 Å². The van der Waals surface area contributed by atoms with Crippen molar-refractivity contribution >= 4 is 28.3 Å². The van der Waals surface area contributed by atoms with E-state index in [0.29, 0.717) is 0 Å². The zero-order valence-electron chi connectivity index (χ0n) is 25.7. The van der Waals surface area contributed by atoms with E-state index in [-0.39, 0.29) is 5.41 Å². The number of hydrogen-bond donors (Lipinski definition) is 0. The predicted molar refractivity (Wildman–Crippen MR) is 194 cm³/mol. The van der Waals surface area contributed by atoms with Gasteiger partial charge in [0.2, 0.25) is 0 Å². The minimum absolute atomic E-state index is 0.250. The summed E-state index contributed by atoms with van der Waals surface area (Å²) in [6.07, 6.45) is 28.8. The molecule has 0 aliphatic rings. The highest BCUT2D eigenvalue weighted by molar-refractivity contribution is 14.2. The van der Waals surface area contributed by atoms with Gasteiger partial charge in [-0.2, -0.15) is 0 Å². The van der Waals surface area contributed by atoms with Gasteiger partial charge in [-0.1, -0.05) is 209 Å². The second-order valence-electron chi connectivity index (χ2n) is 12.4. The van der Waals surface area contributed by atoms with E-state index in [1.54, 1.807) is 0 Å². The Kier molecular flexibility index (Phi) is 18.7. The van der Waals surface area contributed by atoms with Crippen LogP contribution in [0.4, 0.5) is 0 Å². The van der Waals surface area contributed by atoms with E-state index >= 15 is 0 Å². The number of rotatable bonds is 24. The van der Waals surface area contributed by atoms with Crippen LogP contribution in [0.3, 0.4) is 0 Å². The predicted octanol–water partition coefficient (Wildman–Crippen LogP) is 13.0. The van der Waals surface area contributed by atoms with Crippen LogP contribution >= 0.6 is 28.3 Å². The molecule has 0 N–H and O–H groups in total. The second kappa shape index (κ2) is 22.4. The SMILES string of the molecule is IPCCCCCCCCCCCCCCCCCC(Cc1ccccc1)(Cc1ccccc1)Cc1ccccc1. The van der Waals surface area contributed by atoms with Crippen LogP contribution < -0.4 is 0 Å². The average Bonchev–Trinajstić information content (AvgIpc) is 3.00. The minimum Gasteiger partial charge on any atom is -0.0622 e. The van der Waals surface area contributed by atoms with Crippen molar-refractivity contribution in [1.82, 2.24) is 0 Å². The van der Waals surface area contributed by atoms with Crippen LogP contribution in [0.5, 0.6) is 0 Å². The topological polar surface area (TPSA) is 0 Å². The highest BCUT2D eigenvalue weighted by Crippen LogP contribution is 2.37. The third-order valence-corrected chi connectivity index (χ3v) is 10.9. The quantitative estimate of drug-likeness (QED) is 0.0501. The van der Waals surface area contributed by atoms with Crippen LogP contribution in [-0.2, 0) is 19.3 Å². The van der Waals surface area contributed by atoms with E-state index in [2.05, 4.69) is 113 Å². The summed E-state index contributed by atoms with van der Waals surface area (Å²) >= 11 is 2.53. The van der Waals surface area contributed by atoms with Gasteiger partial charge < -0.3 is 0 Å². The first kappa shape index (κ1) is 34.3. The van der Waals surface area contributed by atoms with Crippen molar-refractivity contribution in [3.63, 3.8) is 0 Å². The summed E-state index contributed by atoms with van der Waals surface area (Å²) < 4.78 is 0. The van der Waals surface area contributed by atoms with Crippen molar-refractivity contribution in [2.45, 2.75) is 122 Å². The summed E-state index contributed by atoms with van der Waals surface area (Å²) in [6, 6.07) is 33.7. The fraction of sp³-hybridized carbons (Fsp3) is 0.538. The average molecular weight is 683 g/mol. The lowest BCUT2D eigenvalue weighted by atomic mass is 9.69. The molecule has 224 valence electrons. The third-order valence-electron chi connectivity index (χ3n) is 8.74. The molecule has 1 atom stereocenters. The van der Waals surface area contributed by atoms with Crippen LogP contribution in [0.1, 0.15) is 119 Å². The van der Waals surface area contributed by atoms with Crippen molar-refractivity contribution < 1.29 is 0 Å². The molecule has 0 aromatic heterocycles. The molecule has 3 aromatic rings. The molecule has 2 heteroatoms. The summed E-state index contributed by atoms with van der Waals surface area (Å²) in [5.41, 5.74) is 4.68. The van der Waals surface area contributed by atoms with Gasteiger partial charge >= 0.3 is 0 Å². The molecule has 3 rings (SSSR count). The maximum Gasteiger partial charge on any atom is -0.0176 e. The Morgan fingerprint density at radius 3 is 1.00 bits per heavy atom. The molecule has 0 fully saturated rings. The Hall–Kier alpha value is -1.18. The molecule has 0 spiro atoms. The van der Waals surface area contributed by atoms with E-state index < -0.39 is 0 Å². The fourth-order valence-electron chi connectivity index (χ4n) is 6.53. The Balaban J connectivity index is 1.39. The number of hydrogen-bond acceptors (Lipinski definition) is 0. The molecule has 0 saturated heterocycles. The van der Waals surface area contributed by atoms with Crippen molar-refractivity contribution in [3.8, 4) is 0 Å². The van der Waals surface area contributed by atoms with Crippen LogP contribution in [0.2, 0.25) is 0 Å². The standard InChI is InChI=1S/C39H56IP/c40-41-32-24-13-11-9-7-5-3-1-2-4-6-8-10-12-23-31-39(33-36-25-17-14-18-26-36,34-37-27-19-15-20-28-37)35-38-29-21-16-22-30-38/h14-22,25-30,41H,1-13,23-24,31-35H2. The fourth-order valence-corrected chi connectivity index (χ4v) is 8.06. The molecule has 0 nitrogen and oxygen atoms in total. The molecule has 0 aliphatic heterocycles. The van der Waals surface area contributed by atoms with E-state index in [4.69, 9.17) is 0 Å². The molecule has 41 heavy (non-hydrogen) atoms. The van der Waals surface area contributed by atoms with Gasteiger partial charge in [0.05, 0.1) is 0 Å². The van der Waals surface area contributed by atoms with E-state index in [9.17, 15) is 0 Å². The van der Waals surface area contributed by atoms with Gasteiger partial charge in [-0.05, 0) is 60.4 Å². The molecular formula is C39H56IP. The van der Waals surface area contributed by atoms with E-state index in [1.807, 2.05) is 0 Å². The molecule has 1 unspecified atom stereocenters. The van der Waals surface area contributed by atoms with Gasteiger partial charge in [0.1, 0.15) is 0 Å². The van der Waals surface area contributed by atoms with Crippen LogP contribution in [0.25, 0.3) is 0 Å². The molecule has 0 radical (unpaired) electrons. The van der Waals surface area contributed by atoms with Crippen molar-refractivity contribution in [3.05, 3.63) is 108 Å². The van der Waals surface area contributed by atoms with Crippen LogP contribution in [0, 0.1) is 5.41 Å². The lowest BCUT2D eigenvalue weighted by Gasteiger charge is -2.35. The Morgan fingerprint density at radius 2 is 0.683 bits per heavy atom. The van der Waals surface area contributed by atoms with Crippen molar-refractivity contribution in [2.24, 2.45) is 5.41 Å². The van der Waals surface area contributed by atoms with Crippen molar-refractivity contribution in [2.75, 3.05) is 6.16 Å². The Labute approximate surface area is 268 Å². The first-order valence-corrected chi connectivity index (χ1v) is 21.1. The minimum atomic E-state index is 0.250. The van der Waals surface area contributed by atoms with E-state index in [1.165, 1.54) is 126 Å². The van der Waals surface area contributed by atoms with Crippen molar-refractivity contribution in [1.29, 1.82) is 0 Å². The zero-order chi connectivity index (χ0) is 28.7. The van der Waals surface area contributed by atoms with Gasteiger partial charge in [0.15, 0.2) is 0 Å². The van der Waals surface area contributed by atoms with Gasteiger partial charge in [0, 0.05) is 0 Å². The summed E-state index contributed by atoms with van der Waals surface area (Å²) in [5, 5.41) is 0. The Morgan fingerprint density at radius 1 is 0.390 bits per heavy atom. The summed E-state index contributed by atoms with van der Waals surface area (Å²) in [7, 11) is 0. The number of halogens is 1. The summed E-state index contributed by atoms with van der Waals surface area (Å²) in [5.74, 6) is 0. The zero-order valence-corrected chi connectivity index (χ0v) is 28.8. The maximum absolute atomic E-state index is 2.53. The lowest BCUT2D eigenvalue weighted by Crippen LogP contribution is -2.30. The smallest absolute Gasteiger partial charge is 0.0176 e. The molecule has 0 aliphatic carbocycles. The summed E-state index contributed by atoms with van der Waals surface area (Å²) in [4.78, 5) is 0. The van der Waals surface area contributed by atoms with Gasteiger partial charge in [0.25, 0.3) is 0 Å². The second-order valence-corrected chi connectivity index (χ2v) is 15.5. The van der Waals surface area contributed by atoms with Gasteiger partial charge in [-0.25, -0.2) is 0 Å². The van der Waals surface area contributed by atoms with Gasteiger partial charge in [-0.15, -0.1) is 0 Å². The largest absolute Gasteiger partial charge is 0.0622 e. The monoisotopic (exact) mass is 682 g/mol. The third kappa shape index (κ3) is 15.7. The highest BCUT2D eigenvalue weighted by Gasteiger charge is 2.30. The normalized spacial score (nSPS) is 11.9. The number of unbranched alkanes of at least 4 members (excludes halogenated alkanes) is 14. The molecular weight excluding hydrogens is 626 g/mol. The van der Waals surface area contributed by atoms with Crippen LogP contribution in [0.15, 0.2) is 91.0 Å². The molecule has 0 bridgehead atoms. The highest BCUT2D eigenvalue weighted by atomic mass is 127. The van der Waals surface area contributed by atoms with Crippen LogP contribution in [-0.4, -0.2) is 6.16 Å². The maximum atomic E-state index is 2.53.